The monoisotopic (exact) mass is 166 g/mol. The first-order valence-electron chi connectivity index (χ1n) is 3.99. The molecule has 1 aliphatic rings. The predicted octanol–water partition coefficient (Wildman–Crippen LogP) is 1.44. The van der Waals surface area contributed by atoms with Gasteiger partial charge in [0.15, 0.2) is 12.2 Å². The van der Waals surface area contributed by atoms with E-state index in [0.29, 0.717) is 5.76 Å². The summed E-state index contributed by atoms with van der Waals surface area (Å²) < 4.78 is 4.92. The molecule has 0 bridgehead atoms. The summed E-state index contributed by atoms with van der Waals surface area (Å²) in [7, 11) is 0. The molecule has 0 saturated heterocycles. The molecule has 1 heterocycles. The van der Waals surface area contributed by atoms with Crippen molar-refractivity contribution in [2.45, 2.75) is 12.8 Å². The Morgan fingerprint density at radius 2 is 2.67 bits per heavy atom. The molecule has 2 rings (SSSR count). The minimum atomic E-state index is 0.616. The number of nitrogens with zero attached hydrogens (tertiary/aromatic N) is 2. The molecule has 0 radical (unpaired) electrons. The van der Waals surface area contributed by atoms with E-state index >= 15 is 0 Å². The van der Waals surface area contributed by atoms with Crippen LogP contribution in [0, 0.1) is 5.92 Å². The van der Waals surface area contributed by atoms with Gasteiger partial charge in [0.1, 0.15) is 12.8 Å². The van der Waals surface area contributed by atoms with Gasteiger partial charge < -0.3 is 9.25 Å². The highest BCUT2D eigenvalue weighted by Gasteiger charge is 2.21. The second kappa shape index (κ2) is 3.38. The van der Waals surface area contributed by atoms with Crippen LogP contribution in [-0.4, -0.2) is 17.8 Å². The maximum atomic E-state index is 5.01. The first-order valence-corrected chi connectivity index (χ1v) is 3.99. The third-order valence-electron chi connectivity index (χ3n) is 1.71. The Morgan fingerprint density at radius 3 is 3.33 bits per heavy atom. The first kappa shape index (κ1) is 7.34. The van der Waals surface area contributed by atoms with Crippen molar-refractivity contribution in [2.24, 2.45) is 11.1 Å². The van der Waals surface area contributed by atoms with Gasteiger partial charge in [0.2, 0.25) is 0 Å². The number of oxime groups is 1. The summed E-state index contributed by atoms with van der Waals surface area (Å²) in [4.78, 5) is 8.75. The molecule has 0 N–H and O–H groups in total. The van der Waals surface area contributed by atoms with Crippen molar-refractivity contribution < 1.29 is 9.25 Å². The Balaban J connectivity index is 1.70. The highest BCUT2D eigenvalue weighted by molar-refractivity contribution is 5.74. The number of hydrogen-bond acceptors (Lipinski definition) is 4. The summed E-state index contributed by atoms with van der Waals surface area (Å²) in [5.41, 5.74) is 0. The molecule has 64 valence electrons. The Labute approximate surface area is 70.2 Å². The van der Waals surface area contributed by atoms with Gasteiger partial charge >= 0.3 is 0 Å². The zero-order chi connectivity index (χ0) is 8.23. The van der Waals surface area contributed by atoms with E-state index in [1.54, 1.807) is 6.20 Å². The van der Waals surface area contributed by atoms with Crippen LogP contribution >= 0.6 is 0 Å². The van der Waals surface area contributed by atoms with Crippen LogP contribution in [0.4, 0.5) is 0 Å². The van der Waals surface area contributed by atoms with E-state index in [1.165, 1.54) is 25.4 Å². The number of hydrogen-bond donors (Lipinski definition) is 0. The predicted molar refractivity (Wildman–Crippen MR) is 42.8 cm³/mol. The molecule has 1 aromatic heterocycles. The summed E-state index contributed by atoms with van der Waals surface area (Å²) in [6.45, 7) is 0.727. The molecule has 0 atom stereocenters. The minimum Gasteiger partial charge on any atom is -0.442 e. The van der Waals surface area contributed by atoms with Crippen molar-refractivity contribution in [3.63, 3.8) is 0 Å². The summed E-state index contributed by atoms with van der Waals surface area (Å²) in [6.07, 6.45) is 7.03. The van der Waals surface area contributed by atoms with Crippen molar-refractivity contribution in [1.82, 2.24) is 4.98 Å². The van der Waals surface area contributed by atoms with Gasteiger partial charge in [-0.25, -0.2) is 4.98 Å². The van der Waals surface area contributed by atoms with Crippen LogP contribution in [0.5, 0.6) is 0 Å². The quantitative estimate of drug-likeness (QED) is 0.502. The van der Waals surface area contributed by atoms with E-state index < -0.39 is 0 Å². The van der Waals surface area contributed by atoms with Crippen LogP contribution in [0.2, 0.25) is 0 Å². The SMILES string of the molecule is C(=NOCC1CC1)c1cnco1. The third-order valence-corrected chi connectivity index (χ3v) is 1.71. The molecule has 0 spiro atoms. The van der Waals surface area contributed by atoms with E-state index in [4.69, 9.17) is 9.25 Å². The van der Waals surface area contributed by atoms with Gasteiger partial charge in [-0.05, 0) is 18.8 Å². The molecule has 0 unspecified atom stereocenters. The molecular formula is C8H10N2O2. The van der Waals surface area contributed by atoms with E-state index in [9.17, 15) is 0 Å². The number of oxazole rings is 1. The highest BCUT2D eigenvalue weighted by atomic mass is 16.6. The summed E-state index contributed by atoms with van der Waals surface area (Å²) >= 11 is 0. The number of rotatable bonds is 4. The van der Waals surface area contributed by atoms with Crippen molar-refractivity contribution >= 4 is 6.21 Å². The van der Waals surface area contributed by atoms with Gasteiger partial charge in [0.05, 0.1) is 6.20 Å². The Hall–Kier alpha value is -1.32. The molecule has 1 saturated carbocycles. The van der Waals surface area contributed by atoms with Crippen molar-refractivity contribution in [3.05, 3.63) is 18.4 Å². The molecule has 4 nitrogen and oxygen atoms in total. The van der Waals surface area contributed by atoms with Gasteiger partial charge in [-0.1, -0.05) is 5.16 Å². The van der Waals surface area contributed by atoms with Crippen LogP contribution in [0.25, 0.3) is 0 Å². The van der Waals surface area contributed by atoms with E-state index in [2.05, 4.69) is 10.1 Å². The molecule has 0 amide bonds. The lowest BCUT2D eigenvalue weighted by atomic mass is 10.5. The lowest BCUT2D eigenvalue weighted by Gasteiger charge is -1.92. The fourth-order valence-electron chi connectivity index (χ4n) is 0.812. The summed E-state index contributed by atoms with van der Waals surface area (Å²) in [5, 5.41) is 3.74. The van der Waals surface area contributed by atoms with Crippen molar-refractivity contribution in [3.8, 4) is 0 Å². The van der Waals surface area contributed by atoms with Crippen LogP contribution in [0.1, 0.15) is 18.6 Å². The van der Waals surface area contributed by atoms with Gasteiger partial charge in [0.25, 0.3) is 0 Å². The first-order chi connectivity index (χ1) is 5.95. The van der Waals surface area contributed by atoms with Crippen molar-refractivity contribution in [1.29, 1.82) is 0 Å². The molecule has 0 aliphatic heterocycles. The summed E-state index contributed by atoms with van der Waals surface area (Å²) in [5.74, 6) is 1.35. The van der Waals surface area contributed by atoms with Gasteiger partial charge in [-0.3, -0.25) is 0 Å². The largest absolute Gasteiger partial charge is 0.442 e. The fourth-order valence-corrected chi connectivity index (χ4v) is 0.812. The van der Waals surface area contributed by atoms with E-state index in [1.807, 2.05) is 0 Å². The lowest BCUT2D eigenvalue weighted by Crippen LogP contribution is -1.89. The van der Waals surface area contributed by atoms with E-state index in [0.717, 1.165) is 12.5 Å². The highest BCUT2D eigenvalue weighted by Crippen LogP contribution is 2.28. The molecule has 1 aliphatic carbocycles. The zero-order valence-corrected chi connectivity index (χ0v) is 6.64. The lowest BCUT2D eigenvalue weighted by molar-refractivity contribution is 0.135. The average Bonchev–Trinajstić information content (AvgIpc) is 2.76. The smallest absolute Gasteiger partial charge is 0.181 e. The maximum Gasteiger partial charge on any atom is 0.181 e. The normalized spacial score (nSPS) is 17.0. The van der Waals surface area contributed by atoms with Crippen LogP contribution < -0.4 is 0 Å². The Bertz CT molecular complexity index is 252. The Kier molecular flexibility index (Phi) is 2.07. The van der Waals surface area contributed by atoms with Crippen LogP contribution in [0.3, 0.4) is 0 Å². The van der Waals surface area contributed by atoms with E-state index in [-0.39, 0.29) is 0 Å². The maximum absolute atomic E-state index is 5.01. The van der Waals surface area contributed by atoms with Crippen molar-refractivity contribution in [2.75, 3.05) is 6.61 Å². The topological polar surface area (TPSA) is 47.6 Å². The molecule has 0 aromatic carbocycles. The molecule has 12 heavy (non-hydrogen) atoms. The molecule has 1 fully saturated rings. The average molecular weight is 166 g/mol. The van der Waals surface area contributed by atoms with Gasteiger partial charge in [-0.2, -0.15) is 0 Å². The van der Waals surface area contributed by atoms with Crippen LogP contribution in [-0.2, 0) is 4.84 Å². The zero-order valence-electron chi connectivity index (χ0n) is 6.64. The molecular weight excluding hydrogens is 156 g/mol. The Morgan fingerprint density at radius 1 is 1.75 bits per heavy atom. The second-order valence-electron chi connectivity index (χ2n) is 2.88. The number of aromatic nitrogens is 1. The molecule has 4 heteroatoms. The molecule has 1 aromatic rings. The van der Waals surface area contributed by atoms with Gasteiger partial charge in [-0.15, -0.1) is 0 Å². The second-order valence-corrected chi connectivity index (χ2v) is 2.88. The minimum absolute atomic E-state index is 0.616. The van der Waals surface area contributed by atoms with Crippen LogP contribution in [0.15, 0.2) is 22.2 Å². The fraction of sp³-hybridized carbons (Fsp3) is 0.500. The van der Waals surface area contributed by atoms with Gasteiger partial charge in [0, 0.05) is 0 Å². The summed E-state index contributed by atoms with van der Waals surface area (Å²) in [6, 6.07) is 0. The standard InChI is InChI=1S/C8H10N2O2/c1-2-7(1)5-12-10-4-8-3-9-6-11-8/h3-4,6-7H,1-2,5H2. The third kappa shape index (κ3) is 2.08.